The molecular weight excluding hydrogens is 428 g/mol. The molecule has 5 rings (SSSR count). The van der Waals surface area contributed by atoms with Crippen LogP contribution in [0.3, 0.4) is 0 Å². The highest BCUT2D eigenvalue weighted by atomic mass is 16.6. The molecule has 0 aliphatic carbocycles. The zero-order valence-electron chi connectivity index (χ0n) is 17.8. The summed E-state index contributed by atoms with van der Waals surface area (Å²) in [6.07, 6.45) is -0.809. The molecule has 0 bridgehead atoms. The third kappa shape index (κ3) is 3.19. The summed E-state index contributed by atoms with van der Waals surface area (Å²) in [7, 11) is 0. The van der Waals surface area contributed by atoms with Crippen LogP contribution in [0.4, 0.5) is 0 Å². The Kier molecular flexibility index (Phi) is 4.77. The van der Waals surface area contributed by atoms with Crippen LogP contribution in [0.15, 0.2) is 41.2 Å². The number of carbonyl (C=O) groups excluding carboxylic acids is 2. The fourth-order valence-electron chi connectivity index (χ4n) is 4.54. The maximum atomic E-state index is 13.4. The molecule has 0 fully saturated rings. The first-order valence-electron chi connectivity index (χ1n) is 10.6. The van der Waals surface area contributed by atoms with Crippen molar-refractivity contribution in [3.63, 3.8) is 0 Å². The molecule has 2 aromatic heterocycles. The van der Waals surface area contributed by atoms with Gasteiger partial charge in [-0.3, -0.25) is 14.4 Å². The Morgan fingerprint density at radius 1 is 1.21 bits per heavy atom. The molecule has 33 heavy (non-hydrogen) atoms. The van der Waals surface area contributed by atoms with E-state index in [9.17, 15) is 19.2 Å². The lowest BCUT2D eigenvalue weighted by Crippen LogP contribution is -2.47. The molecule has 4 heterocycles. The Bertz CT molecular complexity index is 1410. The minimum atomic E-state index is -1.82. The molecule has 0 radical (unpaired) electrons. The summed E-state index contributed by atoms with van der Waals surface area (Å²) in [6.45, 7) is 1.75. The first kappa shape index (κ1) is 20.9. The number of aromatic nitrogens is 2. The van der Waals surface area contributed by atoms with Crippen molar-refractivity contribution in [2.45, 2.75) is 44.9 Å². The second-order valence-electron chi connectivity index (χ2n) is 8.13. The molecule has 2 aliphatic heterocycles. The molecule has 0 spiro atoms. The molecule has 1 aromatic carbocycles. The molecule has 9 nitrogen and oxygen atoms in total. The zero-order valence-corrected chi connectivity index (χ0v) is 17.8. The van der Waals surface area contributed by atoms with E-state index in [2.05, 4.69) is 0 Å². The van der Waals surface area contributed by atoms with Crippen molar-refractivity contribution in [3.8, 4) is 11.4 Å². The van der Waals surface area contributed by atoms with Gasteiger partial charge in [-0.1, -0.05) is 25.1 Å². The fraction of sp³-hybridized carbons (Fsp3) is 0.292. The van der Waals surface area contributed by atoms with Crippen molar-refractivity contribution in [3.05, 3.63) is 63.4 Å². The van der Waals surface area contributed by atoms with Crippen LogP contribution in [-0.2, 0) is 42.6 Å². The molecule has 1 N–H and O–H groups in total. The summed E-state index contributed by atoms with van der Waals surface area (Å²) < 4.78 is 12.4. The standard InChI is InChI=1S/C24H20N2O7/c1-2-24(33-20(29)8-7-19(27)28)16-10-18-21-14(9-13-5-3-4-6-17(13)25-21)11-26(18)22(30)15(16)12-32-23(24)31/h3-6,9-10H,2,7-8,11-12H2,1H3,(H,27,28)/t24-/m0/s1. The third-order valence-electron chi connectivity index (χ3n) is 6.22. The van der Waals surface area contributed by atoms with E-state index in [1.54, 1.807) is 17.6 Å². The number of nitrogens with zero attached hydrogens (tertiary/aromatic N) is 2. The third-order valence-corrected chi connectivity index (χ3v) is 6.22. The minimum Gasteiger partial charge on any atom is -0.481 e. The van der Waals surface area contributed by atoms with Gasteiger partial charge >= 0.3 is 17.9 Å². The van der Waals surface area contributed by atoms with Crippen LogP contribution >= 0.6 is 0 Å². The molecule has 9 heteroatoms. The van der Waals surface area contributed by atoms with Gasteiger partial charge in [0.25, 0.3) is 5.56 Å². The number of benzene rings is 1. The van der Waals surface area contributed by atoms with Gasteiger partial charge in [-0.2, -0.15) is 0 Å². The second kappa shape index (κ2) is 7.54. The van der Waals surface area contributed by atoms with E-state index in [1.807, 2.05) is 30.3 Å². The molecule has 0 saturated heterocycles. The van der Waals surface area contributed by atoms with E-state index in [0.29, 0.717) is 17.9 Å². The van der Waals surface area contributed by atoms with Crippen molar-refractivity contribution in [2.75, 3.05) is 0 Å². The number of para-hydroxylation sites is 1. The molecule has 1 atom stereocenters. The average molecular weight is 448 g/mol. The number of hydrogen-bond acceptors (Lipinski definition) is 7. The van der Waals surface area contributed by atoms with Crippen molar-refractivity contribution in [2.24, 2.45) is 0 Å². The molecule has 2 aliphatic rings. The molecule has 0 saturated carbocycles. The Morgan fingerprint density at radius 3 is 2.76 bits per heavy atom. The van der Waals surface area contributed by atoms with E-state index in [-0.39, 0.29) is 29.7 Å². The number of carboxylic acid groups (broad SMARTS) is 1. The highest BCUT2D eigenvalue weighted by Crippen LogP contribution is 2.41. The smallest absolute Gasteiger partial charge is 0.355 e. The van der Waals surface area contributed by atoms with Crippen molar-refractivity contribution in [1.29, 1.82) is 0 Å². The van der Waals surface area contributed by atoms with E-state index in [0.717, 1.165) is 16.5 Å². The summed E-state index contributed by atoms with van der Waals surface area (Å²) >= 11 is 0. The van der Waals surface area contributed by atoms with E-state index < -0.39 is 36.4 Å². The van der Waals surface area contributed by atoms with Crippen LogP contribution in [0, 0.1) is 0 Å². The maximum Gasteiger partial charge on any atom is 0.355 e. The topological polar surface area (TPSA) is 125 Å². The number of hydrogen-bond donors (Lipinski definition) is 1. The number of cyclic esters (lactones) is 1. The maximum absolute atomic E-state index is 13.4. The van der Waals surface area contributed by atoms with Crippen LogP contribution in [0.2, 0.25) is 0 Å². The monoisotopic (exact) mass is 448 g/mol. The number of rotatable bonds is 5. The van der Waals surface area contributed by atoms with Gasteiger partial charge in [-0.05, 0) is 24.6 Å². The van der Waals surface area contributed by atoms with E-state index in [1.165, 1.54) is 0 Å². The van der Waals surface area contributed by atoms with Crippen molar-refractivity contribution < 1.29 is 29.0 Å². The van der Waals surface area contributed by atoms with Gasteiger partial charge < -0.3 is 19.1 Å². The largest absolute Gasteiger partial charge is 0.481 e. The molecular formula is C24H20N2O7. The lowest BCUT2D eigenvalue weighted by atomic mass is 9.85. The summed E-state index contributed by atoms with van der Waals surface area (Å²) in [5.74, 6) is -2.79. The predicted octanol–water partition coefficient (Wildman–Crippen LogP) is 2.50. The van der Waals surface area contributed by atoms with Gasteiger partial charge in [0.05, 0.1) is 41.9 Å². The minimum absolute atomic E-state index is 0.0263. The number of ether oxygens (including phenoxy) is 2. The number of carboxylic acids is 1. The van der Waals surface area contributed by atoms with Gasteiger partial charge in [0.15, 0.2) is 0 Å². The number of esters is 2. The SMILES string of the molecule is CC[C@@]1(OC(=O)CCC(=O)O)C(=O)OCc2c1cc1n(c2=O)Cc2cc3ccccc3nc2-1. The van der Waals surface area contributed by atoms with Gasteiger partial charge in [0.1, 0.15) is 6.61 Å². The molecule has 3 aromatic rings. The normalized spacial score (nSPS) is 18.3. The van der Waals surface area contributed by atoms with Crippen LogP contribution in [0.1, 0.15) is 42.9 Å². The second-order valence-corrected chi connectivity index (χ2v) is 8.13. The number of pyridine rings is 2. The van der Waals surface area contributed by atoms with Crippen LogP contribution < -0.4 is 5.56 Å². The average Bonchev–Trinajstić information content (AvgIpc) is 3.16. The summed E-state index contributed by atoms with van der Waals surface area (Å²) in [5.41, 5.74) is 1.17. The Balaban J connectivity index is 1.66. The van der Waals surface area contributed by atoms with Crippen LogP contribution in [-0.4, -0.2) is 32.6 Å². The summed E-state index contributed by atoms with van der Waals surface area (Å²) in [4.78, 5) is 54.3. The lowest BCUT2D eigenvalue weighted by molar-refractivity contribution is -0.189. The van der Waals surface area contributed by atoms with E-state index in [4.69, 9.17) is 19.6 Å². The Hall–Kier alpha value is -4.01. The van der Waals surface area contributed by atoms with Gasteiger partial charge in [0, 0.05) is 16.5 Å². The fourth-order valence-corrected chi connectivity index (χ4v) is 4.54. The van der Waals surface area contributed by atoms with Crippen LogP contribution in [0.5, 0.6) is 0 Å². The first-order valence-corrected chi connectivity index (χ1v) is 10.6. The highest BCUT2D eigenvalue weighted by Gasteiger charge is 2.50. The van der Waals surface area contributed by atoms with Crippen molar-refractivity contribution in [1.82, 2.24) is 9.55 Å². The molecule has 168 valence electrons. The van der Waals surface area contributed by atoms with Gasteiger partial charge in [-0.25, -0.2) is 9.78 Å². The quantitative estimate of drug-likeness (QED) is 0.462. The molecule has 0 amide bonds. The number of aliphatic carboxylic acids is 1. The number of fused-ring (bicyclic) bond motifs is 5. The van der Waals surface area contributed by atoms with Crippen molar-refractivity contribution >= 4 is 28.8 Å². The Labute approximate surface area is 187 Å². The lowest BCUT2D eigenvalue weighted by Gasteiger charge is -2.35. The molecule has 0 unspecified atom stereocenters. The number of carbonyl (C=O) groups is 3. The summed E-state index contributed by atoms with van der Waals surface area (Å²) in [6, 6.07) is 11.3. The van der Waals surface area contributed by atoms with Crippen LogP contribution in [0.25, 0.3) is 22.3 Å². The van der Waals surface area contributed by atoms with Gasteiger partial charge in [0.2, 0.25) is 5.60 Å². The van der Waals surface area contributed by atoms with E-state index >= 15 is 0 Å². The highest BCUT2D eigenvalue weighted by molar-refractivity contribution is 5.88. The first-order chi connectivity index (χ1) is 15.8. The zero-order chi connectivity index (χ0) is 23.3. The summed E-state index contributed by atoms with van der Waals surface area (Å²) in [5, 5.41) is 9.81. The predicted molar refractivity (Wildman–Crippen MR) is 115 cm³/mol. The Morgan fingerprint density at radius 2 is 2.00 bits per heavy atom. The van der Waals surface area contributed by atoms with Gasteiger partial charge in [-0.15, -0.1) is 0 Å².